The molecule has 0 amide bonds. The van der Waals surface area contributed by atoms with Crippen molar-refractivity contribution < 1.29 is 4.74 Å². The predicted molar refractivity (Wildman–Crippen MR) is 75.0 cm³/mol. The summed E-state index contributed by atoms with van der Waals surface area (Å²) < 4.78 is 7.74. The summed E-state index contributed by atoms with van der Waals surface area (Å²) in [4.78, 5) is 4.41. The van der Waals surface area contributed by atoms with Gasteiger partial charge in [-0.05, 0) is 31.7 Å². The molecule has 0 aliphatic heterocycles. The van der Waals surface area contributed by atoms with Gasteiger partial charge in [0.15, 0.2) is 0 Å². The van der Waals surface area contributed by atoms with Crippen molar-refractivity contribution in [3.8, 4) is 0 Å². The first-order valence-corrected chi connectivity index (χ1v) is 7.43. The largest absolute Gasteiger partial charge is 0.380 e. The van der Waals surface area contributed by atoms with Crippen LogP contribution in [-0.2, 0) is 17.7 Å². The zero-order valence-electron chi connectivity index (χ0n) is 12.3. The second-order valence-corrected chi connectivity index (χ2v) is 5.31. The van der Waals surface area contributed by atoms with Crippen LogP contribution in [0.25, 0.3) is 0 Å². The van der Waals surface area contributed by atoms with Gasteiger partial charge in [0, 0.05) is 26.1 Å². The molecule has 0 bridgehead atoms. The Hall–Kier alpha value is -0.940. The summed E-state index contributed by atoms with van der Waals surface area (Å²) in [5, 5.41) is 7.86. The maximum atomic E-state index is 5.72. The number of nitrogens with one attached hydrogen (secondary N) is 1. The topological polar surface area (TPSA) is 52.0 Å². The molecule has 1 aromatic heterocycles. The van der Waals surface area contributed by atoms with Crippen LogP contribution in [0.3, 0.4) is 0 Å². The zero-order valence-corrected chi connectivity index (χ0v) is 12.3. The lowest BCUT2D eigenvalue weighted by Crippen LogP contribution is -2.44. The zero-order chi connectivity index (χ0) is 13.7. The second-order valence-electron chi connectivity index (χ2n) is 5.31. The molecule has 0 radical (unpaired) electrons. The molecule has 1 fully saturated rings. The molecule has 1 aliphatic carbocycles. The van der Waals surface area contributed by atoms with E-state index in [9.17, 15) is 0 Å². The van der Waals surface area contributed by atoms with Gasteiger partial charge < -0.3 is 10.1 Å². The Morgan fingerprint density at radius 3 is 2.84 bits per heavy atom. The highest BCUT2D eigenvalue weighted by Gasteiger charge is 2.37. The first-order valence-electron chi connectivity index (χ1n) is 7.43. The molecule has 1 saturated carbocycles. The number of methoxy groups -OCH3 is 1. The van der Waals surface area contributed by atoms with Crippen molar-refractivity contribution >= 4 is 0 Å². The Balaban J connectivity index is 2.04. The Kier molecular flexibility index (Phi) is 5.34. The molecule has 5 heteroatoms. The standard InChI is InChI=1S/C14H26N4O/c1-4-8-18-13(16-10-17-18)9-12(15-5-2)14(19-3)11-6-7-11/h10-12,14-15H,4-9H2,1-3H3. The van der Waals surface area contributed by atoms with Gasteiger partial charge in [0.25, 0.3) is 0 Å². The van der Waals surface area contributed by atoms with Crippen LogP contribution < -0.4 is 5.32 Å². The van der Waals surface area contributed by atoms with Gasteiger partial charge in [-0.15, -0.1) is 0 Å². The molecule has 2 rings (SSSR count). The lowest BCUT2D eigenvalue weighted by Gasteiger charge is -2.26. The van der Waals surface area contributed by atoms with Crippen LogP contribution in [0.5, 0.6) is 0 Å². The maximum absolute atomic E-state index is 5.72. The molecule has 0 spiro atoms. The van der Waals surface area contributed by atoms with Crippen LogP contribution in [0.4, 0.5) is 0 Å². The van der Waals surface area contributed by atoms with E-state index < -0.39 is 0 Å². The third-order valence-corrected chi connectivity index (χ3v) is 3.76. The van der Waals surface area contributed by atoms with E-state index in [1.54, 1.807) is 6.33 Å². The molecule has 1 N–H and O–H groups in total. The molecule has 1 aliphatic rings. The van der Waals surface area contributed by atoms with Crippen LogP contribution in [-0.4, -0.2) is 40.6 Å². The number of hydrogen-bond acceptors (Lipinski definition) is 4. The van der Waals surface area contributed by atoms with Gasteiger partial charge in [-0.25, -0.2) is 4.98 Å². The van der Waals surface area contributed by atoms with E-state index in [2.05, 4.69) is 29.2 Å². The quantitative estimate of drug-likeness (QED) is 0.738. The molecule has 5 nitrogen and oxygen atoms in total. The van der Waals surface area contributed by atoms with Crippen molar-refractivity contribution in [2.45, 2.75) is 58.2 Å². The minimum Gasteiger partial charge on any atom is -0.380 e. The molecule has 1 aromatic rings. The average molecular weight is 266 g/mol. The number of ether oxygens (including phenoxy) is 1. The summed E-state index contributed by atoms with van der Waals surface area (Å²) in [6.07, 6.45) is 6.52. The molecule has 2 unspecified atom stereocenters. The molecule has 2 atom stereocenters. The smallest absolute Gasteiger partial charge is 0.138 e. The van der Waals surface area contributed by atoms with E-state index in [1.165, 1.54) is 12.8 Å². The molecule has 108 valence electrons. The monoisotopic (exact) mass is 266 g/mol. The molecule has 0 saturated heterocycles. The summed E-state index contributed by atoms with van der Waals surface area (Å²) >= 11 is 0. The van der Waals surface area contributed by atoms with E-state index in [0.29, 0.717) is 12.1 Å². The first kappa shape index (κ1) is 14.5. The number of rotatable bonds is 9. The fraction of sp³-hybridized carbons (Fsp3) is 0.857. The Labute approximate surface area is 115 Å². The van der Waals surface area contributed by atoms with Crippen molar-refractivity contribution in [3.05, 3.63) is 12.2 Å². The predicted octanol–water partition coefficient (Wildman–Crippen LogP) is 1.63. The fourth-order valence-electron chi connectivity index (χ4n) is 2.72. The number of likely N-dealkylation sites (N-methyl/N-ethyl adjacent to an activating group) is 1. The molecule has 1 heterocycles. The molecular weight excluding hydrogens is 240 g/mol. The van der Waals surface area contributed by atoms with Crippen LogP contribution in [0, 0.1) is 5.92 Å². The van der Waals surface area contributed by atoms with Crippen LogP contribution >= 0.6 is 0 Å². The minimum atomic E-state index is 0.298. The van der Waals surface area contributed by atoms with E-state index >= 15 is 0 Å². The van der Waals surface area contributed by atoms with Crippen LogP contribution in [0.1, 0.15) is 38.9 Å². The van der Waals surface area contributed by atoms with Crippen LogP contribution in [0.15, 0.2) is 6.33 Å². The third kappa shape index (κ3) is 3.76. The van der Waals surface area contributed by atoms with Crippen molar-refractivity contribution in [2.75, 3.05) is 13.7 Å². The van der Waals surface area contributed by atoms with Gasteiger partial charge in [-0.1, -0.05) is 13.8 Å². The van der Waals surface area contributed by atoms with Crippen LogP contribution in [0.2, 0.25) is 0 Å². The first-order chi connectivity index (χ1) is 9.30. The minimum absolute atomic E-state index is 0.298. The van der Waals surface area contributed by atoms with E-state index in [1.807, 2.05) is 11.8 Å². The maximum Gasteiger partial charge on any atom is 0.138 e. The third-order valence-electron chi connectivity index (χ3n) is 3.76. The van der Waals surface area contributed by atoms with E-state index in [4.69, 9.17) is 4.74 Å². The van der Waals surface area contributed by atoms with Gasteiger partial charge in [0.05, 0.1) is 6.10 Å². The number of hydrogen-bond donors (Lipinski definition) is 1. The van der Waals surface area contributed by atoms with E-state index in [0.717, 1.165) is 37.7 Å². The van der Waals surface area contributed by atoms with E-state index in [-0.39, 0.29) is 0 Å². The summed E-state index contributed by atoms with van der Waals surface area (Å²) in [5.41, 5.74) is 0. The lowest BCUT2D eigenvalue weighted by atomic mass is 10.0. The highest BCUT2D eigenvalue weighted by Crippen LogP contribution is 2.36. The van der Waals surface area contributed by atoms with Crippen molar-refractivity contribution in [2.24, 2.45) is 5.92 Å². The fourth-order valence-corrected chi connectivity index (χ4v) is 2.72. The highest BCUT2D eigenvalue weighted by atomic mass is 16.5. The Bertz CT molecular complexity index is 375. The summed E-state index contributed by atoms with van der Waals surface area (Å²) in [7, 11) is 1.82. The van der Waals surface area contributed by atoms with Gasteiger partial charge in [0.2, 0.25) is 0 Å². The Morgan fingerprint density at radius 1 is 1.47 bits per heavy atom. The average Bonchev–Trinajstić information content (AvgIpc) is 3.14. The van der Waals surface area contributed by atoms with Crippen molar-refractivity contribution in [1.29, 1.82) is 0 Å². The molecule has 0 aromatic carbocycles. The molecule has 19 heavy (non-hydrogen) atoms. The summed E-state index contributed by atoms with van der Waals surface area (Å²) in [5.74, 6) is 1.78. The van der Waals surface area contributed by atoms with Gasteiger partial charge in [-0.2, -0.15) is 5.10 Å². The molecular formula is C14H26N4O. The summed E-state index contributed by atoms with van der Waals surface area (Å²) in [6.45, 7) is 6.20. The van der Waals surface area contributed by atoms with Crippen molar-refractivity contribution in [1.82, 2.24) is 20.1 Å². The van der Waals surface area contributed by atoms with Gasteiger partial charge in [-0.3, -0.25) is 4.68 Å². The SMILES string of the molecule is CCCn1ncnc1CC(NCC)C(OC)C1CC1. The van der Waals surface area contributed by atoms with Gasteiger partial charge in [0.1, 0.15) is 12.2 Å². The number of aromatic nitrogens is 3. The highest BCUT2D eigenvalue weighted by molar-refractivity contribution is 4.97. The Morgan fingerprint density at radius 2 is 2.26 bits per heavy atom. The summed E-state index contributed by atoms with van der Waals surface area (Å²) in [6, 6.07) is 0.335. The normalized spacial score (nSPS) is 18.5. The number of aryl methyl sites for hydroxylation is 1. The second kappa shape index (κ2) is 7.01. The van der Waals surface area contributed by atoms with Crippen molar-refractivity contribution in [3.63, 3.8) is 0 Å². The number of nitrogens with zero attached hydrogens (tertiary/aromatic N) is 3. The van der Waals surface area contributed by atoms with Gasteiger partial charge >= 0.3 is 0 Å². The lowest BCUT2D eigenvalue weighted by molar-refractivity contribution is 0.0506.